The van der Waals surface area contributed by atoms with Crippen LogP contribution in [0.4, 0.5) is 0 Å². The number of hydrogen-bond donors (Lipinski definition) is 1. The molecule has 2 rings (SSSR count). The molecule has 0 bridgehead atoms. The number of rotatable bonds is 6. The van der Waals surface area contributed by atoms with Crippen molar-refractivity contribution < 1.29 is 13.2 Å². The summed E-state index contributed by atoms with van der Waals surface area (Å²) in [7, 11) is -3.50. The Morgan fingerprint density at radius 3 is 2.38 bits per heavy atom. The van der Waals surface area contributed by atoms with Crippen LogP contribution in [0.15, 0.2) is 29.2 Å². The minimum Gasteiger partial charge on any atom is -0.381 e. The van der Waals surface area contributed by atoms with Crippen LogP contribution in [0.1, 0.15) is 31.7 Å². The third kappa shape index (κ3) is 4.28. The second-order valence-electron chi connectivity index (χ2n) is 5.53. The summed E-state index contributed by atoms with van der Waals surface area (Å²) in [6.07, 6.45) is 3.39. The maximum absolute atomic E-state index is 12.6. The first-order valence-electron chi connectivity index (χ1n) is 7.28. The van der Waals surface area contributed by atoms with Gasteiger partial charge in [-0.25, -0.2) is 13.1 Å². The fraction of sp³-hybridized carbons (Fsp3) is 0.600. The van der Waals surface area contributed by atoms with Gasteiger partial charge in [-0.05, 0) is 37.0 Å². The molecule has 0 aromatic heterocycles. The van der Waals surface area contributed by atoms with Crippen LogP contribution >= 0.6 is 15.9 Å². The Hall–Kier alpha value is -0.430. The third-order valence-electron chi connectivity index (χ3n) is 3.83. The van der Waals surface area contributed by atoms with Crippen LogP contribution < -0.4 is 4.72 Å². The van der Waals surface area contributed by atoms with Crippen molar-refractivity contribution in [2.45, 2.75) is 43.0 Å². The van der Waals surface area contributed by atoms with Gasteiger partial charge in [-0.1, -0.05) is 41.4 Å². The Labute approximate surface area is 135 Å². The number of halogens is 1. The molecule has 1 aromatic rings. The summed E-state index contributed by atoms with van der Waals surface area (Å²) in [4.78, 5) is 0.328. The lowest BCUT2D eigenvalue weighted by molar-refractivity contribution is 0.0557. The van der Waals surface area contributed by atoms with E-state index in [1.165, 1.54) is 0 Å². The van der Waals surface area contributed by atoms with E-state index in [0.717, 1.165) is 18.4 Å². The first kappa shape index (κ1) is 16.9. The van der Waals surface area contributed by atoms with Crippen molar-refractivity contribution in [3.63, 3.8) is 0 Å². The molecule has 0 unspecified atom stereocenters. The lowest BCUT2D eigenvalue weighted by Gasteiger charge is -2.36. The number of ether oxygens (including phenoxy) is 1. The molecular formula is C15H22BrNO3S. The van der Waals surface area contributed by atoms with Gasteiger partial charge in [-0.2, -0.15) is 0 Å². The molecule has 4 nitrogen and oxygen atoms in total. The number of aryl methyl sites for hydroxylation is 1. The standard InChI is InChI=1S/C15H22BrNO3S/c1-2-3-13-4-6-14(7-5-13)21(18,19)17-15(12-16)8-10-20-11-9-15/h4-7,17H,2-3,8-12H2,1H3. The number of sulfonamides is 1. The van der Waals surface area contributed by atoms with Gasteiger partial charge in [-0.15, -0.1) is 0 Å². The molecule has 1 heterocycles. The normalized spacial score (nSPS) is 18.6. The summed E-state index contributed by atoms with van der Waals surface area (Å²) in [6, 6.07) is 7.16. The molecule has 21 heavy (non-hydrogen) atoms. The molecular weight excluding hydrogens is 354 g/mol. The fourth-order valence-corrected chi connectivity index (χ4v) is 4.84. The van der Waals surface area contributed by atoms with E-state index in [4.69, 9.17) is 4.74 Å². The SMILES string of the molecule is CCCc1ccc(S(=O)(=O)NC2(CBr)CCOCC2)cc1. The van der Waals surface area contributed by atoms with Crippen LogP contribution in [0.3, 0.4) is 0 Å². The molecule has 1 aliphatic heterocycles. The van der Waals surface area contributed by atoms with Gasteiger partial charge in [0.15, 0.2) is 0 Å². The summed E-state index contributed by atoms with van der Waals surface area (Å²) in [6.45, 7) is 3.28. The molecule has 1 N–H and O–H groups in total. The van der Waals surface area contributed by atoms with Crippen LogP contribution in [0.2, 0.25) is 0 Å². The second-order valence-corrected chi connectivity index (χ2v) is 7.77. The fourth-order valence-electron chi connectivity index (χ4n) is 2.49. The Morgan fingerprint density at radius 1 is 1.24 bits per heavy atom. The number of nitrogens with one attached hydrogen (secondary N) is 1. The lowest BCUT2D eigenvalue weighted by Crippen LogP contribution is -2.53. The molecule has 0 saturated carbocycles. The van der Waals surface area contributed by atoms with E-state index < -0.39 is 15.6 Å². The molecule has 6 heteroatoms. The predicted octanol–water partition coefficient (Wildman–Crippen LogP) is 2.86. The molecule has 1 fully saturated rings. The minimum absolute atomic E-state index is 0.328. The van der Waals surface area contributed by atoms with Crippen molar-refractivity contribution >= 4 is 26.0 Å². The average Bonchev–Trinajstić information content (AvgIpc) is 2.49. The van der Waals surface area contributed by atoms with E-state index in [0.29, 0.717) is 36.3 Å². The second kappa shape index (κ2) is 7.22. The van der Waals surface area contributed by atoms with Gasteiger partial charge < -0.3 is 4.74 Å². The highest BCUT2D eigenvalue weighted by Crippen LogP contribution is 2.25. The first-order valence-corrected chi connectivity index (χ1v) is 9.88. The van der Waals surface area contributed by atoms with Crippen LogP contribution in [0, 0.1) is 0 Å². The molecule has 0 aliphatic carbocycles. The number of alkyl halides is 1. The Balaban J connectivity index is 2.16. The van der Waals surface area contributed by atoms with Crippen LogP contribution in [-0.2, 0) is 21.2 Å². The zero-order chi connectivity index (χ0) is 15.3. The van der Waals surface area contributed by atoms with E-state index in [1.807, 2.05) is 12.1 Å². The van der Waals surface area contributed by atoms with Crippen molar-refractivity contribution in [1.82, 2.24) is 4.72 Å². The molecule has 0 radical (unpaired) electrons. The molecule has 0 atom stereocenters. The summed E-state index contributed by atoms with van der Waals surface area (Å²) in [5.74, 6) is 0. The monoisotopic (exact) mass is 375 g/mol. The number of hydrogen-bond acceptors (Lipinski definition) is 3. The van der Waals surface area contributed by atoms with Crippen LogP contribution in [-0.4, -0.2) is 32.5 Å². The minimum atomic E-state index is -3.50. The Kier molecular flexibility index (Phi) is 5.82. The van der Waals surface area contributed by atoms with Gasteiger partial charge in [0.25, 0.3) is 0 Å². The van der Waals surface area contributed by atoms with E-state index in [2.05, 4.69) is 27.6 Å². The van der Waals surface area contributed by atoms with Crippen molar-refractivity contribution in [1.29, 1.82) is 0 Å². The first-order chi connectivity index (χ1) is 10.0. The van der Waals surface area contributed by atoms with Gasteiger partial charge in [-0.3, -0.25) is 0 Å². The van der Waals surface area contributed by atoms with Crippen LogP contribution in [0.5, 0.6) is 0 Å². The highest BCUT2D eigenvalue weighted by molar-refractivity contribution is 9.09. The quantitative estimate of drug-likeness (QED) is 0.777. The van der Waals surface area contributed by atoms with E-state index >= 15 is 0 Å². The third-order valence-corrected chi connectivity index (χ3v) is 6.50. The van der Waals surface area contributed by atoms with Crippen LogP contribution in [0.25, 0.3) is 0 Å². The Morgan fingerprint density at radius 2 is 1.86 bits per heavy atom. The molecule has 0 amide bonds. The van der Waals surface area contributed by atoms with Crippen molar-refractivity contribution in [3.05, 3.63) is 29.8 Å². The van der Waals surface area contributed by atoms with E-state index in [9.17, 15) is 8.42 Å². The molecule has 118 valence electrons. The zero-order valence-electron chi connectivity index (χ0n) is 12.3. The molecule has 1 saturated heterocycles. The summed E-state index contributed by atoms with van der Waals surface area (Å²) < 4.78 is 33.3. The topological polar surface area (TPSA) is 55.4 Å². The molecule has 1 aromatic carbocycles. The molecule has 0 spiro atoms. The predicted molar refractivity (Wildman–Crippen MR) is 87.3 cm³/mol. The highest BCUT2D eigenvalue weighted by Gasteiger charge is 2.36. The van der Waals surface area contributed by atoms with E-state index in [-0.39, 0.29) is 0 Å². The highest BCUT2D eigenvalue weighted by atomic mass is 79.9. The molecule has 1 aliphatic rings. The van der Waals surface area contributed by atoms with Gasteiger partial charge in [0.2, 0.25) is 10.0 Å². The van der Waals surface area contributed by atoms with E-state index in [1.54, 1.807) is 12.1 Å². The average molecular weight is 376 g/mol. The van der Waals surface area contributed by atoms with Gasteiger partial charge in [0.05, 0.1) is 4.90 Å². The van der Waals surface area contributed by atoms with Gasteiger partial charge in [0.1, 0.15) is 0 Å². The summed E-state index contributed by atoms with van der Waals surface area (Å²) in [5.41, 5.74) is 0.719. The maximum atomic E-state index is 12.6. The summed E-state index contributed by atoms with van der Waals surface area (Å²) in [5, 5.41) is 0.594. The van der Waals surface area contributed by atoms with Crippen molar-refractivity contribution in [2.75, 3.05) is 18.5 Å². The number of benzene rings is 1. The van der Waals surface area contributed by atoms with Gasteiger partial charge >= 0.3 is 0 Å². The van der Waals surface area contributed by atoms with Crippen molar-refractivity contribution in [2.24, 2.45) is 0 Å². The lowest BCUT2D eigenvalue weighted by atomic mass is 9.94. The van der Waals surface area contributed by atoms with Gasteiger partial charge in [0, 0.05) is 24.1 Å². The zero-order valence-corrected chi connectivity index (χ0v) is 14.7. The Bertz CT molecular complexity index is 551. The smallest absolute Gasteiger partial charge is 0.241 e. The maximum Gasteiger partial charge on any atom is 0.241 e. The summed E-state index contributed by atoms with van der Waals surface area (Å²) >= 11 is 3.44. The largest absolute Gasteiger partial charge is 0.381 e. The van der Waals surface area contributed by atoms with Crippen molar-refractivity contribution in [3.8, 4) is 0 Å².